The Balaban J connectivity index is 1.90. The molecule has 0 aliphatic carbocycles. The SMILES string of the molecule is Cc1cccc(NC(=O)COC(=O)c2cccc(NC(=O)OC(C)(C)C)c2)c1. The van der Waals surface area contributed by atoms with E-state index in [-0.39, 0.29) is 5.56 Å². The van der Waals surface area contributed by atoms with E-state index in [1.807, 2.05) is 25.1 Å². The number of hydrogen-bond donors (Lipinski definition) is 2. The second-order valence-electron chi connectivity index (χ2n) is 7.20. The van der Waals surface area contributed by atoms with Crippen molar-refractivity contribution in [2.45, 2.75) is 33.3 Å². The summed E-state index contributed by atoms with van der Waals surface area (Å²) >= 11 is 0. The third-order valence-corrected chi connectivity index (χ3v) is 3.38. The molecule has 0 saturated carbocycles. The maximum absolute atomic E-state index is 12.2. The first-order chi connectivity index (χ1) is 13.1. The van der Waals surface area contributed by atoms with Crippen molar-refractivity contribution in [2.75, 3.05) is 17.2 Å². The summed E-state index contributed by atoms with van der Waals surface area (Å²) in [5, 5.41) is 5.21. The lowest BCUT2D eigenvalue weighted by Crippen LogP contribution is -2.27. The molecule has 0 heterocycles. The molecule has 2 N–H and O–H groups in total. The van der Waals surface area contributed by atoms with Crippen molar-refractivity contribution in [3.05, 3.63) is 59.7 Å². The highest BCUT2D eigenvalue weighted by Gasteiger charge is 2.17. The molecule has 0 atom stereocenters. The van der Waals surface area contributed by atoms with Gasteiger partial charge in [0.15, 0.2) is 6.61 Å². The Morgan fingerprint density at radius 3 is 2.21 bits per heavy atom. The highest BCUT2D eigenvalue weighted by molar-refractivity contribution is 5.96. The summed E-state index contributed by atoms with van der Waals surface area (Å²) in [5.74, 6) is -1.12. The van der Waals surface area contributed by atoms with E-state index in [0.29, 0.717) is 11.4 Å². The van der Waals surface area contributed by atoms with Crippen LogP contribution in [0.5, 0.6) is 0 Å². The molecule has 0 bridgehead atoms. The van der Waals surface area contributed by atoms with Crippen LogP contribution < -0.4 is 10.6 Å². The Kier molecular flexibility index (Phi) is 6.76. The average molecular weight is 384 g/mol. The lowest BCUT2D eigenvalue weighted by Gasteiger charge is -2.19. The minimum Gasteiger partial charge on any atom is -0.452 e. The summed E-state index contributed by atoms with van der Waals surface area (Å²) in [4.78, 5) is 35.9. The van der Waals surface area contributed by atoms with Crippen molar-refractivity contribution < 1.29 is 23.9 Å². The number of amides is 2. The van der Waals surface area contributed by atoms with Crippen LogP contribution in [0.3, 0.4) is 0 Å². The fraction of sp³-hybridized carbons (Fsp3) is 0.286. The first kappa shape index (κ1) is 21.0. The van der Waals surface area contributed by atoms with Gasteiger partial charge in [0.05, 0.1) is 5.56 Å². The number of aryl methyl sites for hydroxylation is 1. The number of carbonyl (C=O) groups is 3. The molecular weight excluding hydrogens is 360 g/mol. The Morgan fingerprint density at radius 2 is 1.57 bits per heavy atom. The smallest absolute Gasteiger partial charge is 0.412 e. The molecule has 28 heavy (non-hydrogen) atoms. The average Bonchev–Trinajstić information content (AvgIpc) is 2.58. The van der Waals surface area contributed by atoms with Gasteiger partial charge in [-0.25, -0.2) is 9.59 Å². The van der Waals surface area contributed by atoms with E-state index < -0.39 is 30.2 Å². The minimum atomic E-state index is -0.674. The van der Waals surface area contributed by atoms with Crippen molar-refractivity contribution >= 4 is 29.3 Å². The van der Waals surface area contributed by atoms with E-state index in [4.69, 9.17) is 9.47 Å². The third-order valence-electron chi connectivity index (χ3n) is 3.38. The van der Waals surface area contributed by atoms with Gasteiger partial charge in [-0.1, -0.05) is 18.2 Å². The van der Waals surface area contributed by atoms with Crippen LogP contribution in [0.25, 0.3) is 0 Å². The summed E-state index contributed by atoms with van der Waals surface area (Å²) in [6.07, 6.45) is -0.629. The lowest BCUT2D eigenvalue weighted by atomic mass is 10.2. The molecular formula is C21H24N2O5. The Hall–Kier alpha value is -3.35. The predicted molar refractivity (Wildman–Crippen MR) is 106 cm³/mol. The number of anilines is 2. The van der Waals surface area contributed by atoms with Gasteiger partial charge < -0.3 is 14.8 Å². The van der Waals surface area contributed by atoms with Crippen molar-refractivity contribution in [1.29, 1.82) is 0 Å². The van der Waals surface area contributed by atoms with E-state index in [0.717, 1.165) is 5.56 Å². The molecule has 2 rings (SSSR count). The van der Waals surface area contributed by atoms with Gasteiger partial charge in [-0.2, -0.15) is 0 Å². The zero-order chi connectivity index (χ0) is 20.7. The molecule has 0 radical (unpaired) electrons. The molecule has 7 heteroatoms. The largest absolute Gasteiger partial charge is 0.452 e. The normalized spacial score (nSPS) is 10.7. The van der Waals surface area contributed by atoms with Crippen LogP contribution in [-0.2, 0) is 14.3 Å². The lowest BCUT2D eigenvalue weighted by molar-refractivity contribution is -0.119. The number of rotatable bonds is 5. The second kappa shape index (κ2) is 9.03. The van der Waals surface area contributed by atoms with Crippen LogP contribution in [0.4, 0.5) is 16.2 Å². The van der Waals surface area contributed by atoms with E-state index >= 15 is 0 Å². The van der Waals surface area contributed by atoms with Gasteiger partial charge in [-0.3, -0.25) is 10.1 Å². The van der Waals surface area contributed by atoms with Gasteiger partial charge in [0.2, 0.25) is 0 Å². The summed E-state index contributed by atoms with van der Waals surface area (Å²) < 4.78 is 10.2. The van der Waals surface area contributed by atoms with Crippen LogP contribution in [0.2, 0.25) is 0 Å². The molecule has 0 aliphatic heterocycles. The molecule has 0 fully saturated rings. The van der Waals surface area contributed by atoms with Crippen molar-refractivity contribution in [3.63, 3.8) is 0 Å². The number of benzene rings is 2. The number of ether oxygens (including phenoxy) is 2. The molecule has 0 aliphatic rings. The molecule has 148 valence electrons. The number of hydrogen-bond acceptors (Lipinski definition) is 5. The van der Waals surface area contributed by atoms with Crippen LogP contribution >= 0.6 is 0 Å². The minimum absolute atomic E-state index is 0.205. The maximum Gasteiger partial charge on any atom is 0.412 e. The summed E-state index contributed by atoms with van der Waals surface area (Å²) in [6.45, 7) is 6.75. The Labute approximate surface area is 164 Å². The molecule has 0 aromatic heterocycles. The quantitative estimate of drug-likeness (QED) is 0.756. The number of esters is 1. The Morgan fingerprint density at radius 1 is 0.929 bits per heavy atom. The highest BCUT2D eigenvalue weighted by Crippen LogP contribution is 2.15. The van der Waals surface area contributed by atoms with Gasteiger partial charge in [-0.15, -0.1) is 0 Å². The summed E-state index contributed by atoms with van der Waals surface area (Å²) in [5.41, 5.74) is 1.59. The van der Waals surface area contributed by atoms with Gasteiger partial charge >= 0.3 is 12.1 Å². The van der Waals surface area contributed by atoms with Crippen LogP contribution in [0, 0.1) is 6.92 Å². The molecule has 2 aromatic carbocycles. The van der Waals surface area contributed by atoms with Gasteiger partial charge in [0.25, 0.3) is 5.91 Å². The van der Waals surface area contributed by atoms with E-state index in [2.05, 4.69) is 10.6 Å². The van der Waals surface area contributed by atoms with Crippen LogP contribution in [0.1, 0.15) is 36.7 Å². The number of carbonyl (C=O) groups excluding carboxylic acids is 3. The standard InChI is InChI=1S/C21H24N2O5/c1-14-7-5-9-16(11-14)22-18(24)13-27-19(25)15-8-6-10-17(12-15)23-20(26)28-21(2,3)4/h5-12H,13H2,1-4H3,(H,22,24)(H,23,26). The zero-order valence-electron chi connectivity index (χ0n) is 16.4. The van der Waals surface area contributed by atoms with Crippen molar-refractivity contribution in [2.24, 2.45) is 0 Å². The fourth-order valence-corrected chi connectivity index (χ4v) is 2.28. The molecule has 0 unspecified atom stereocenters. The monoisotopic (exact) mass is 384 g/mol. The van der Waals surface area contributed by atoms with Gasteiger partial charge in [0, 0.05) is 11.4 Å². The third kappa shape index (κ3) is 7.11. The van der Waals surface area contributed by atoms with Crippen molar-refractivity contribution in [3.8, 4) is 0 Å². The highest BCUT2D eigenvalue weighted by atomic mass is 16.6. The first-order valence-corrected chi connectivity index (χ1v) is 8.76. The molecule has 7 nitrogen and oxygen atoms in total. The predicted octanol–water partition coefficient (Wildman–Crippen LogP) is 4.14. The maximum atomic E-state index is 12.2. The first-order valence-electron chi connectivity index (χ1n) is 8.76. The van der Waals surface area contributed by atoms with E-state index in [1.165, 1.54) is 12.1 Å². The van der Waals surface area contributed by atoms with Crippen molar-refractivity contribution in [1.82, 2.24) is 0 Å². The number of nitrogens with one attached hydrogen (secondary N) is 2. The Bertz CT molecular complexity index is 871. The molecule has 0 saturated heterocycles. The van der Waals surface area contributed by atoms with E-state index in [9.17, 15) is 14.4 Å². The molecule has 0 spiro atoms. The zero-order valence-corrected chi connectivity index (χ0v) is 16.4. The van der Waals surface area contributed by atoms with Crippen LogP contribution in [0.15, 0.2) is 48.5 Å². The fourth-order valence-electron chi connectivity index (χ4n) is 2.28. The summed E-state index contributed by atoms with van der Waals surface area (Å²) in [6, 6.07) is 13.5. The second-order valence-corrected chi connectivity index (χ2v) is 7.20. The van der Waals surface area contributed by atoms with E-state index in [1.54, 1.807) is 39.0 Å². The summed E-state index contributed by atoms with van der Waals surface area (Å²) in [7, 11) is 0. The van der Waals surface area contributed by atoms with Gasteiger partial charge in [0.1, 0.15) is 5.60 Å². The van der Waals surface area contributed by atoms with Crippen LogP contribution in [-0.4, -0.2) is 30.2 Å². The van der Waals surface area contributed by atoms with Gasteiger partial charge in [-0.05, 0) is 63.6 Å². The molecule has 2 aromatic rings. The molecule has 2 amide bonds. The topological polar surface area (TPSA) is 93.7 Å².